The summed E-state index contributed by atoms with van der Waals surface area (Å²) in [6, 6.07) is 2.41. The van der Waals surface area contributed by atoms with Crippen molar-refractivity contribution in [3.05, 3.63) is 128 Å². The van der Waals surface area contributed by atoms with Crippen LogP contribution in [0.2, 0.25) is 0 Å². The molecule has 1 heteroatoms. The van der Waals surface area contributed by atoms with Crippen LogP contribution in [0.25, 0.3) is 22.3 Å². The molecule has 5 aromatic carbocycles. The van der Waals surface area contributed by atoms with Crippen LogP contribution in [-0.2, 0) is 5.41 Å². The molecule has 0 bridgehead atoms. The Kier molecular flexibility index (Phi) is 9.53. The van der Waals surface area contributed by atoms with E-state index in [9.17, 15) is 0 Å². The SMILES string of the molecule is Cc1cc(C)c2c(c1C)-c1c(C)c(C)c(-c3c(C)c(C)c(N(c4c(C)c(C)c(C)c(C)c4C)c4c(C)c(C)c(C)c(C)c4C)c(C)c3C)c(C)c1C2(C)C. The van der Waals surface area contributed by atoms with E-state index in [-0.39, 0.29) is 5.41 Å². The smallest absolute Gasteiger partial charge is 0.0526 e. The van der Waals surface area contributed by atoms with Crippen LogP contribution in [0, 0.1) is 138 Å². The molecule has 5 aromatic rings. The number of hydrogen-bond acceptors (Lipinski definition) is 1. The summed E-state index contributed by atoms with van der Waals surface area (Å²) in [5, 5.41) is 0. The maximum absolute atomic E-state index is 2.70. The third kappa shape index (κ3) is 5.09. The van der Waals surface area contributed by atoms with E-state index >= 15 is 0 Å². The zero-order chi connectivity index (χ0) is 40.5. The first-order valence-corrected chi connectivity index (χ1v) is 20.2. The first-order valence-electron chi connectivity index (χ1n) is 20.2. The molecule has 0 aliphatic heterocycles. The Labute approximate surface area is 329 Å². The molecule has 0 amide bonds. The van der Waals surface area contributed by atoms with E-state index < -0.39 is 0 Å². The molecule has 0 aromatic heterocycles. The Morgan fingerprint density at radius 2 is 0.556 bits per heavy atom. The molecule has 1 aliphatic rings. The fraction of sp³-hybridized carbons (Fsp3) is 0.434. The van der Waals surface area contributed by atoms with E-state index in [4.69, 9.17) is 0 Å². The number of rotatable bonds is 4. The second-order valence-corrected chi connectivity index (χ2v) is 18.0. The minimum Gasteiger partial charge on any atom is -0.309 e. The maximum Gasteiger partial charge on any atom is 0.0526 e. The van der Waals surface area contributed by atoms with Crippen molar-refractivity contribution in [3.8, 4) is 22.3 Å². The third-order valence-electron chi connectivity index (χ3n) is 15.3. The van der Waals surface area contributed by atoms with Crippen molar-refractivity contribution in [2.24, 2.45) is 0 Å². The number of hydrogen-bond donors (Lipinski definition) is 0. The summed E-state index contributed by atoms with van der Waals surface area (Å²) in [4.78, 5) is 2.70. The Bertz CT molecular complexity index is 2340. The van der Waals surface area contributed by atoms with Crippen LogP contribution in [0.15, 0.2) is 6.07 Å². The largest absolute Gasteiger partial charge is 0.309 e. The van der Waals surface area contributed by atoms with Gasteiger partial charge in [-0.3, -0.25) is 0 Å². The second kappa shape index (κ2) is 13.0. The predicted molar refractivity (Wildman–Crippen MR) is 239 cm³/mol. The summed E-state index contributed by atoms with van der Waals surface area (Å²) >= 11 is 0. The summed E-state index contributed by atoms with van der Waals surface area (Å²) < 4.78 is 0. The van der Waals surface area contributed by atoms with Crippen LogP contribution < -0.4 is 4.90 Å². The molecule has 54 heavy (non-hydrogen) atoms. The highest BCUT2D eigenvalue weighted by Crippen LogP contribution is 2.58. The highest BCUT2D eigenvalue weighted by Gasteiger charge is 2.42. The van der Waals surface area contributed by atoms with Gasteiger partial charge in [0, 0.05) is 5.41 Å². The Balaban J connectivity index is 1.76. The molecule has 0 fully saturated rings. The van der Waals surface area contributed by atoms with Gasteiger partial charge in [0.1, 0.15) is 0 Å². The molecule has 0 saturated carbocycles. The average Bonchev–Trinajstić information content (AvgIpc) is 3.37. The van der Waals surface area contributed by atoms with Gasteiger partial charge < -0.3 is 4.90 Å². The third-order valence-corrected chi connectivity index (χ3v) is 15.3. The minimum absolute atomic E-state index is 0.0838. The normalized spacial score (nSPS) is 13.1. The minimum atomic E-state index is -0.0838. The lowest BCUT2D eigenvalue weighted by Crippen LogP contribution is -2.22. The van der Waals surface area contributed by atoms with E-state index in [0.29, 0.717) is 0 Å². The van der Waals surface area contributed by atoms with Gasteiger partial charge in [0.25, 0.3) is 0 Å². The first-order chi connectivity index (χ1) is 24.9. The highest BCUT2D eigenvalue weighted by molar-refractivity contribution is 5.96. The van der Waals surface area contributed by atoms with Crippen molar-refractivity contribution < 1.29 is 0 Å². The van der Waals surface area contributed by atoms with Crippen molar-refractivity contribution in [1.29, 1.82) is 0 Å². The Morgan fingerprint density at radius 1 is 0.278 bits per heavy atom. The molecule has 1 nitrogen and oxygen atoms in total. The van der Waals surface area contributed by atoms with Crippen LogP contribution in [0.1, 0.15) is 136 Å². The summed E-state index contributed by atoms with van der Waals surface area (Å²) in [7, 11) is 0. The van der Waals surface area contributed by atoms with Crippen molar-refractivity contribution in [3.63, 3.8) is 0 Å². The number of benzene rings is 5. The molecule has 0 N–H and O–H groups in total. The molecular formula is C53H67N. The molecule has 1 aliphatic carbocycles. The quantitative estimate of drug-likeness (QED) is 0.179. The fourth-order valence-corrected chi connectivity index (χ4v) is 10.9. The molecule has 284 valence electrons. The summed E-state index contributed by atoms with van der Waals surface area (Å²) in [6.45, 7) is 51.9. The van der Waals surface area contributed by atoms with Crippen LogP contribution in [0.3, 0.4) is 0 Å². The standard InChI is InChI=1S/C53H67N/c1-24-23-25(2)48-46(26(24)3)47-34(11)33(10)45(43(20)49(47)53(48,21)22)44-35(12)41(18)52(42(19)36(44)13)54(50-37(14)29(6)27(4)30(7)38(50)15)51-39(16)31(8)28(5)32(9)40(51)17/h23H,1-22H3. The van der Waals surface area contributed by atoms with Gasteiger partial charge in [-0.15, -0.1) is 0 Å². The molecule has 0 unspecified atom stereocenters. The lowest BCUT2D eigenvalue weighted by molar-refractivity contribution is 0.650. The molecular weight excluding hydrogens is 651 g/mol. The first kappa shape index (κ1) is 39.6. The van der Waals surface area contributed by atoms with Crippen molar-refractivity contribution in [1.82, 2.24) is 0 Å². The van der Waals surface area contributed by atoms with Crippen LogP contribution in [0.4, 0.5) is 17.1 Å². The van der Waals surface area contributed by atoms with E-state index in [1.165, 1.54) is 162 Å². The molecule has 0 atom stereocenters. The second-order valence-electron chi connectivity index (χ2n) is 18.0. The molecule has 0 saturated heterocycles. The van der Waals surface area contributed by atoms with Gasteiger partial charge in [-0.25, -0.2) is 0 Å². The number of anilines is 3. The highest BCUT2D eigenvalue weighted by atomic mass is 15.2. The monoisotopic (exact) mass is 718 g/mol. The molecule has 0 heterocycles. The summed E-state index contributed by atoms with van der Waals surface area (Å²) in [6.07, 6.45) is 0. The van der Waals surface area contributed by atoms with Crippen LogP contribution >= 0.6 is 0 Å². The Hall–Kier alpha value is -4.10. The van der Waals surface area contributed by atoms with E-state index in [0.717, 1.165) is 0 Å². The molecule has 0 spiro atoms. The number of fused-ring (bicyclic) bond motifs is 3. The van der Waals surface area contributed by atoms with Gasteiger partial charge in [0.15, 0.2) is 0 Å². The number of aryl methyl sites for hydroxylation is 2. The molecule has 6 rings (SSSR count). The Morgan fingerprint density at radius 3 is 0.944 bits per heavy atom. The van der Waals surface area contributed by atoms with Gasteiger partial charge in [-0.1, -0.05) is 19.9 Å². The van der Waals surface area contributed by atoms with Gasteiger partial charge in [0.05, 0.1) is 17.1 Å². The van der Waals surface area contributed by atoms with Gasteiger partial charge in [-0.05, 0) is 283 Å². The van der Waals surface area contributed by atoms with Crippen molar-refractivity contribution in [2.75, 3.05) is 4.90 Å². The van der Waals surface area contributed by atoms with Gasteiger partial charge in [-0.2, -0.15) is 0 Å². The summed E-state index contributed by atoms with van der Waals surface area (Å²) in [5.41, 5.74) is 40.6. The maximum atomic E-state index is 2.70. The van der Waals surface area contributed by atoms with E-state index in [1.54, 1.807) is 0 Å². The lowest BCUT2D eigenvalue weighted by atomic mass is 9.74. The number of nitrogens with zero attached hydrogens (tertiary/aromatic N) is 1. The van der Waals surface area contributed by atoms with Gasteiger partial charge >= 0.3 is 0 Å². The van der Waals surface area contributed by atoms with Crippen LogP contribution in [-0.4, -0.2) is 0 Å². The summed E-state index contributed by atoms with van der Waals surface area (Å²) in [5.74, 6) is 0. The van der Waals surface area contributed by atoms with E-state index in [1.807, 2.05) is 0 Å². The lowest BCUT2D eigenvalue weighted by Gasteiger charge is -2.38. The van der Waals surface area contributed by atoms with E-state index in [2.05, 4.69) is 163 Å². The van der Waals surface area contributed by atoms with Crippen LogP contribution in [0.5, 0.6) is 0 Å². The van der Waals surface area contributed by atoms with Crippen molar-refractivity contribution >= 4 is 17.1 Å². The molecule has 0 radical (unpaired) electrons. The predicted octanol–water partition coefficient (Wildman–Crippen LogP) is 15.3. The van der Waals surface area contributed by atoms with Crippen molar-refractivity contribution in [2.45, 2.75) is 158 Å². The average molecular weight is 718 g/mol. The van der Waals surface area contributed by atoms with Gasteiger partial charge in [0.2, 0.25) is 0 Å². The topological polar surface area (TPSA) is 3.24 Å². The zero-order valence-corrected chi connectivity index (χ0v) is 38.0. The zero-order valence-electron chi connectivity index (χ0n) is 38.0. The fourth-order valence-electron chi connectivity index (χ4n) is 10.9.